The van der Waals surface area contributed by atoms with Gasteiger partial charge in [0.15, 0.2) is 5.82 Å². The van der Waals surface area contributed by atoms with Crippen LogP contribution in [0, 0.1) is 0 Å². The number of fused-ring (bicyclic) bond motifs is 1. The number of imidazole rings is 1. The minimum absolute atomic E-state index is 0.471. The lowest BCUT2D eigenvalue weighted by Crippen LogP contribution is -1.83. The highest BCUT2D eigenvalue weighted by Gasteiger charge is 2.11. The summed E-state index contributed by atoms with van der Waals surface area (Å²) in [5, 5.41) is 7.60. The second kappa shape index (κ2) is 6.41. The number of benzene rings is 1. The van der Waals surface area contributed by atoms with Crippen molar-refractivity contribution in [2.24, 2.45) is 0 Å². The van der Waals surface area contributed by atoms with Crippen LogP contribution in [0.5, 0.6) is 5.75 Å². The van der Waals surface area contributed by atoms with Crippen molar-refractivity contribution >= 4 is 34.8 Å². The first-order valence-electron chi connectivity index (χ1n) is 7.60. The molecule has 0 atom stereocenters. The lowest BCUT2D eigenvalue weighted by atomic mass is 10.2. The van der Waals surface area contributed by atoms with E-state index in [4.69, 9.17) is 16.3 Å². The Balaban J connectivity index is 1.68. The van der Waals surface area contributed by atoms with E-state index in [1.54, 1.807) is 25.6 Å². The normalized spacial score (nSPS) is 11.4. The summed E-state index contributed by atoms with van der Waals surface area (Å²) in [5.41, 5.74) is 4.45. The van der Waals surface area contributed by atoms with Crippen molar-refractivity contribution in [3.05, 3.63) is 59.0 Å². The number of hydrogen-bond acceptors (Lipinski definition) is 4. The zero-order valence-corrected chi connectivity index (χ0v) is 14.1. The summed E-state index contributed by atoms with van der Waals surface area (Å²) < 4.78 is 5.25. The number of H-pyrrole nitrogens is 2. The molecule has 3 aromatic heterocycles. The van der Waals surface area contributed by atoms with Crippen LogP contribution in [-0.4, -0.2) is 32.3 Å². The Labute approximate surface area is 148 Å². The molecule has 124 valence electrons. The molecule has 0 fully saturated rings. The summed E-state index contributed by atoms with van der Waals surface area (Å²) in [6, 6.07) is 9.37. The van der Waals surface area contributed by atoms with E-state index < -0.39 is 0 Å². The highest BCUT2D eigenvalue weighted by Crippen LogP contribution is 2.25. The molecule has 1 aromatic carbocycles. The summed E-state index contributed by atoms with van der Waals surface area (Å²) in [7, 11) is 1.64. The maximum atomic E-state index is 5.81. The molecule has 7 heteroatoms. The van der Waals surface area contributed by atoms with Gasteiger partial charge in [0.1, 0.15) is 16.6 Å². The number of nitrogens with zero attached hydrogens (tertiary/aromatic N) is 3. The van der Waals surface area contributed by atoms with Gasteiger partial charge in [-0.1, -0.05) is 29.8 Å². The monoisotopic (exact) mass is 351 g/mol. The van der Waals surface area contributed by atoms with Crippen LogP contribution in [0.25, 0.3) is 34.7 Å². The first kappa shape index (κ1) is 15.4. The van der Waals surface area contributed by atoms with Gasteiger partial charge in [-0.3, -0.25) is 5.10 Å². The van der Waals surface area contributed by atoms with Gasteiger partial charge in [-0.05, 0) is 23.8 Å². The minimum Gasteiger partial charge on any atom is -0.497 e. The molecule has 4 rings (SSSR count). The number of pyridine rings is 1. The van der Waals surface area contributed by atoms with Crippen LogP contribution >= 0.6 is 11.6 Å². The molecule has 4 aromatic rings. The van der Waals surface area contributed by atoms with E-state index in [9.17, 15) is 0 Å². The smallest absolute Gasteiger partial charge is 0.157 e. The van der Waals surface area contributed by atoms with Gasteiger partial charge in [0.2, 0.25) is 0 Å². The predicted octanol–water partition coefficient (Wildman–Crippen LogP) is 4.18. The van der Waals surface area contributed by atoms with Crippen molar-refractivity contribution in [1.29, 1.82) is 0 Å². The Morgan fingerprint density at radius 1 is 1.12 bits per heavy atom. The number of halogens is 1. The van der Waals surface area contributed by atoms with Gasteiger partial charge in [-0.15, -0.1) is 0 Å². The van der Waals surface area contributed by atoms with E-state index in [0.29, 0.717) is 5.15 Å². The van der Waals surface area contributed by atoms with E-state index in [1.807, 2.05) is 36.4 Å². The Hall–Kier alpha value is -3.12. The minimum atomic E-state index is 0.471. The predicted molar refractivity (Wildman–Crippen MR) is 98.4 cm³/mol. The lowest BCUT2D eigenvalue weighted by molar-refractivity contribution is 0.415. The second-order valence-electron chi connectivity index (χ2n) is 5.42. The Kier molecular flexibility index (Phi) is 3.95. The zero-order chi connectivity index (χ0) is 17.2. The SMILES string of the molecule is COc1ccc2nc(-c3[nH]ncc3C=Cc3ccc(Cl)nc3)[nH]c2c1. The fourth-order valence-corrected chi connectivity index (χ4v) is 2.63. The average Bonchev–Trinajstić information content (AvgIpc) is 3.26. The molecule has 0 saturated heterocycles. The third-order valence-corrected chi connectivity index (χ3v) is 4.02. The molecule has 0 saturated carbocycles. The van der Waals surface area contributed by atoms with Gasteiger partial charge in [0.05, 0.1) is 24.3 Å². The molecule has 0 aliphatic carbocycles. The molecule has 0 aliphatic rings. The molecule has 3 heterocycles. The van der Waals surface area contributed by atoms with Gasteiger partial charge in [0.25, 0.3) is 0 Å². The van der Waals surface area contributed by atoms with E-state index in [1.165, 1.54) is 0 Å². The van der Waals surface area contributed by atoms with Crippen LogP contribution < -0.4 is 4.74 Å². The number of hydrogen-bond donors (Lipinski definition) is 2. The molecular weight excluding hydrogens is 338 g/mol. The fraction of sp³-hybridized carbons (Fsp3) is 0.0556. The highest BCUT2D eigenvalue weighted by molar-refractivity contribution is 6.29. The van der Waals surface area contributed by atoms with Gasteiger partial charge in [0, 0.05) is 17.8 Å². The topological polar surface area (TPSA) is 79.5 Å². The summed E-state index contributed by atoms with van der Waals surface area (Å²) in [5.74, 6) is 1.50. The molecule has 0 unspecified atom stereocenters. The number of ether oxygens (including phenoxy) is 1. The zero-order valence-electron chi connectivity index (χ0n) is 13.3. The summed E-state index contributed by atoms with van der Waals surface area (Å²) in [6.45, 7) is 0. The number of aromatic nitrogens is 5. The molecule has 25 heavy (non-hydrogen) atoms. The van der Waals surface area contributed by atoms with Crippen molar-refractivity contribution in [2.45, 2.75) is 0 Å². The molecule has 2 N–H and O–H groups in total. The standard InChI is InChI=1S/C18H14ClN5O/c1-25-13-5-6-14-15(8-13)23-18(22-14)17-12(10-21-24-17)4-2-11-3-7-16(19)20-9-11/h2-10H,1H3,(H,21,24)(H,22,23). The fourth-order valence-electron chi connectivity index (χ4n) is 2.52. The van der Waals surface area contributed by atoms with Crippen molar-refractivity contribution < 1.29 is 4.74 Å². The van der Waals surface area contributed by atoms with Crippen molar-refractivity contribution in [3.8, 4) is 17.3 Å². The third-order valence-electron chi connectivity index (χ3n) is 3.80. The first-order chi connectivity index (χ1) is 12.2. The molecule has 0 spiro atoms. The van der Waals surface area contributed by atoms with Crippen molar-refractivity contribution in [2.75, 3.05) is 7.11 Å². The van der Waals surface area contributed by atoms with Crippen molar-refractivity contribution in [3.63, 3.8) is 0 Å². The Morgan fingerprint density at radius 2 is 2.04 bits per heavy atom. The van der Waals surface area contributed by atoms with Crippen LogP contribution in [0.2, 0.25) is 5.15 Å². The highest BCUT2D eigenvalue weighted by atomic mass is 35.5. The van der Waals surface area contributed by atoms with Crippen LogP contribution in [0.1, 0.15) is 11.1 Å². The average molecular weight is 352 g/mol. The quantitative estimate of drug-likeness (QED) is 0.540. The summed E-state index contributed by atoms with van der Waals surface area (Å²) >= 11 is 5.81. The maximum Gasteiger partial charge on any atom is 0.157 e. The number of methoxy groups -OCH3 is 1. The van der Waals surface area contributed by atoms with Crippen LogP contribution in [0.15, 0.2) is 42.7 Å². The lowest BCUT2D eigenvalue weighted by Gasteiger charge is -1.96. The van der Waals surface area contributed by atoms with Gasteiger partial charge < -0.3 is 9.72 Å². The first-order valence-corrected chi connectivity index (χ1v) is 7.98. The third kappa shape index (κ3) is 3.12. The number of rotatable bonds is 4. The van der Waals surface area contributed by atoms with Crippen LogP contribution in [0.3, 0.4) is 0 Å². The molecule has 6 nitrogen and oxygen atoms in total. The van der Waals surface area contributed by atoms with Gasteiger partial charge in [-0.25, -0.2) is 9.97 Å². The number of nitrogens with one attached hydrogen (secondary N) is 2. The maximum absolute atomic E-state index is 5.81. The summed E-state index contributed by atoms with van der Waals surface area (Å²) in [4.78, 5) is 12.0. The van der Waals surface area contributed by atoms with E-state index in [2.05, 4.69) is 25.1 Å². The van der Waals surface area contributed by atoms with E-state index >= 15 is 0 Å². The molecule has 0 radical (unpaired) electrons. The Morgan fingerprint density at radius 3 is 2.84 bits per heavy atom. The number of aromatic amines is 2. The molecule has 0 bridgehead atoms. The van der Waals surface area contributed by atoms with Crippen molar-refractivity contribution in [1.82, 2.24) is 25.1 Å². The molecular formula is C18H14ClN5O. The van der Waals surface area contributed by atoms with E-state index in [-0.39, 0.29) is 0 Å². The molecule has 0 aliphatic heterocycles. The van der Waals surface area contributed by atoms with E-state index in [0.717, 1.165) is 39.4 Å². The van der Waals surface area contributed by atoms with Gasteiger partial charge in [-0.2, -0.15) is 5.10 Å². The Bertz CT molecular complexity index is 1050. The van der Waals surface area contributed by atoms with Crippen LogP contribution in [-0.2, 0) is 0 Å². The second-order valence-corrected chi connectivity index (χ2v) is 5.80. The summed E-state index contributed by atoms with van der Waals surface area (Å²) in [6.07, 6.45) is 7.37. The largest absolute Gasteiger partial charge is 0.497 e. The van der Waals surface area contributed by atoms with Crippen LogP contribution in [0.4, 0.5) is 0 Å². The molecule has 0 amide bonds. The van der Waals surface area contributed by atoms with Gasteiger partial charge >= 0.3 is 0 Å².